The summed E-state index contributed by atoms with van der Waals surface area (Å²) in [6, 6.07) is 5.30. The van der Waals surface area contributed by atoms with Gasteiger partial charge in [-0.3, -0.25) is 0 Å². The Morgan fingerprint density at radius 1 is 1.41 bits per heavy atom. The van der Waals surface area contributed by atoms with E-state index in [-0.39, 0.29) is 11.7 Å². The molecule has 0 radical (unpaired) electrons. The SMILES string of the molecule is CC(C#N)NS(=O)(=O)c1ccc2c(c1)OCO2. The summed E-state index contributed by atoms with van der Waals surface area (Å²) >= 11 is 0. The Bertz CT molecular complexity index is 576. The van der Waals surface area contributed by atoms with E-state index in [0.29, 0.717) is 11.5 Å². The molecule has 0 bridgehead atoms. The first kappa shape index (κ1) is 11.7. The van der Waals surface area contributed by atoms with E-state index in [0.717, 1.165) is 0 Å². The number of hydrogen-bond donors (Lipinski definition) is 1. The predicted octanol–water partition coefficient (Wildman–Crippen LogP) is 0.606. The fraction of sp³-hybridized carbons (Fsp3) is 0.300. The molecule has 2 rings (SSSR count). The molecule has 0 fully saturated rings. The standard InChI is InChI=1S/C10H10N2O4S/c1-7(5-11)12-17(13,14)8-2-3-9-10(4-8)16-6-15-9/h2-4,7,12H,6H2,1H3. The normalized spacial score (nSPS) is 15.3. The number of fused-ring (bicyclic) bond motifs is 1. The van der Waals surface area contributed by atoms with Crippen molar-refractivity contribution in [2.24, 2.45) is 0 Å². The van der Waals surface area contributed by atoms with Crippen molar-refractivity contribution in [1.82, 2.24) is 4.72 Å². The third-order valence-electron chi connectivity index (χ3n) is 2.18. The number of hydrogen-bond acceptors (Lipinski definition) is 5. The number of sulfonamides is 1. The average molecular weight is 254 g/mol. The van der Waals surface area contributed by atoms with Crippen LogP contribution < -0.4 is 14.2 Å². The van der Waals surface area contributed by atoms with Crippen LogP contribution in [-0.2, 0) is 10.0 Å². The quantitative estimate of drug-likeness (QED) is 0.853. The molecule has 6 nitrogen and oxygen atoms in total. The molecule has 1 aromatic carbocycles. The minimum atomic E-state index is -3.70. The van der Waals surface area contributed by atoms with E-state index >= 15 is 0 Å². The molecule has 0 aromatic heterocycles. The van der Waals surface area contributed by atoms with Crippen molar-refractivity contribution in [1.29, 1.82) is 5.26 Å². The zero-order valence-electron chi connectivity index (χ0n) is 9.00. The first-order chi connectivity index (χ1) is 8.03. The molecule has 1 heterocycles. The summed E-state index contributed by atoms with van der Waals surface area (Å²) in [5.74, 6) is 0.898. The number of nitrogens with zero attached hydrogens (tertiary/aromatic N) is 1. The minimum Gasteiger partial charge on any atom is -0.454 e. The molecule has 1 unspecified atom stereocenters. The largest absolute Gasteiger partial charge is 0.454 e. The van der Waals surface area contributed by atoms with Gasteiger partial charge in [-0.15, -0.1) is 0 Å². The molecule has 0 spiro atoms. The Labute approximate surface area is 98.8 Å². The molecule has 0 saturated heterocycles. The van der Waals surface area contributed by atoms with E-state index in [9.17, 15) is 8.42 Å². The molecule has 1 aromatic rings. The van der Waals surface area contributed by atoms with Gasteiger partial charge in [-0.05, 0) is 19.1 Å². The lowest BCUT2D eigenvalue weighted by Crippen LogP contribution is -2.31. The Morgan fingerprint density at radius 3 is 2.82 bits per heavy atom. The van der Waals surface area contributed by atoms with Gasteiger partial charge >= 0.3 is 0 Å². The van der Waals surface area contributed by atoms with Crippen LogP contribution in [-0.4, -0.2) is 21.3 Å². The zero-order valence-corrected chi connectivity index (χ0v) is 9.82. The van der Waals surface area contributed by atoms with Gasteiger partial charge in [0.05, 0.1) is 11.0 Å². The van der Waals surface area contributed by atoms with Crippen molar-refractivity contribution >= 4 is 10.0 Å². The van der Waals surface area contributed by atoms with Crippen molar-refractivity contribution < 1.29 is 17.9 Å². The molecule has 1 atom stereocenters. The van der Waals surface area contributed by atoms with Crippen LogP contribution in [0.25, 0.3) is 0 Å². The lowest BCUT2D eigenvalue weighted by atomic mass is 10.3. The number of ether oxygens (including phenoxy) is 2. The van der Waals surface area contributed by atoms with E-state index in [1.165, 1.54) is 25.1 Å². The number of nitriles is 1. The second kappa shape index (κ2) is 4.24. The second-order valence-electron chi connectivity index (χ2n) is 3.49. The maximum Gasteiger partial charge on any atom is 0.241 e. The average Bonchev–Trinajstić information content (AvgIpc) is 2.75. The van der Waals surface area contributed by atoms with Crippen LogP contribution in [0.15, 0.2) is 23.1 Å². The molecule has 0 saturated carbocycles. The molecule has 7 heteroatoms. The number of rotatable bonds is 3. The molecule has 17 heavy (non-hydrogen) atoms. The van der Waals surface area contributed by atoms with Crippen LogP contribution in [0.4, 0.5) is 0 Å². The fourth-order valence-electron chi connectivity index (χ4n) is 1.37. The van der Waals surface area contributed by atoms with Crippen molar-refractivity contribution in [3.05, 3.63) is 18.2 Å². The molecule has 1 aliphatic heterocycles. The second-order valence-corrected chi connectivity index (χ2v) is 5.20. The molecule has 1 aliphatic rings. The third-order valence-corrected chi connectivity index (χ3v) is 3.72. The number of nitrogens with one attached hydrogen (secondary N) is 1. The van der Waals surface area contributed by atoms with Crippen molar-refractivity contribution in [2.75, 3.05) is 6.79 Å². The van der Waals surface area contributed by atoms with Gasteiger partial charge in [0.15, 0.2) is 11.5 Å². The van der Waals surface area contributed by atoms with Crippen LogP contribution in [0.5, 0.6) is 11.5 Å². The first-order valence-electron chi connectivity index (χ1n) is 4.84. The van der Waals surface area contributed by atoms with Crippen LogP contribution >= 0.6 is 0 Å². The maximum absolute atomic E-state index is 11.8. The maximum atomic E-state index is 11.8. The van der Waals surface area contributed by atoms with Gasteiger partial charge in [0.1, 0.15) is 6.04 Å². The lowest BCUT2D eigenvalue weighted by Gasteiger charge is -2.08. The van der Waals surface area contributed by atoms with Gasteiger partial charge < -0.3 is 9.47 Å². The lowest BCUT2D eigenvalue weighted by molar-refractivity contribution is 0.174. The van der Waals surface area contributed by atoms with Gasteiger partial charge in [-0.2, -0.15) is 9.98 Å². The third kappa shape index (κ3) is 2.33. The highest BCUT2D eigenvalue weighted by Crippen LogP contribution is 2.33. The summed E-state index contributed by atoms with van der Waals surface area (Å²) in [5, 5.41) is 8.58. The van der Waals surface area contributed by atoms with Crippen LogP contribution in [0, 0.1) is 11.3 Å². The summed E-state index contributed by atoms with van der Waals surface area (Å²) < 4.78 is 36.1. The molecule has 1 N–H and O–H groups in total. The summed E-state index contributed by atoms with van der Waals surface area (Å²) in [7, 11) is -3.70. The highest BCUT2D eigenvalue weighted by atomic mass is 32.2. The van der Waals surface area contributed by atoms with Crippen molar-refractivity contribution in [2.45, 2.75) is 17.9 Å². The minimum absolute atomic E-state index is 0.0452. The van der Waals surface area contributed by atoms with Gasteiger partial charge in [0.2, 0.25) is 16.8 Å². The summed E-state index contributed by atoms with van der Waals surface area (Å²) in [4.78, 5) is 0.0452. The number of benzene rings is 1. The smallest absolute Gasteiger partial charge is 0.241 e. The molecule has 0 aliphatic carbocycles. The Balaban J connectivity index is 2.32. The Kier molecular flexibility index (Phi) is 2.92. The van der Waals surface area contributed by atoms with Crippen LogP contribution in [0.1, 0.15) is 6.92 Å². The van der Waals surface area contributed by atoms with Gasteiger partial charge in [-0.25, -0.2) is 8.42 Å². The van der Waals surface area contributed by atoms with E-state index in [1.807, 2.05) is 0 Å². The van der Waals surface area contributed by atoms with E-state index in [1.54, 1.807) is 6.07 Å². The molecular formula is C10H10N2O4S. The van der Waals surface area contributed by atoms with Crippen molar-refractivity contribution in [3.63, 3.8) is 0 Å². The predicted molar refractivity (Wildman–Crippen MR) is 58.0 cm³/mol. The van der Waals surface area contributed by atoms with E-state index in [4.69, 9.17) is 14.7 Å². The zero-order chi connectivity index (χ0) is 12.5. The molecule has 0 amide bonds. The van der Waals surface area contributed by atoms with Gasteiger partial charge in [0, 0.05) is 6.07 Å². The van der Waals surface area contributed by atoms with Gasteiger partial charge in [0.25, 0.3) is 0 Å². The summed E-state index contributed by atoms with van der Waals surface area (Å²) in [5.41, 5.74) is 0. The first-order valence-corrected chi connectivity index (χ1v) is 6.33. The monoisotopic (exact) mass is 254 g/mol. The van der Waals surface area contributed by atoms with Crippen LogP contribution in [0.3, 0.4) is 0 Å². The molecule has 90 valence electrons. The van der Waals surface area contributed by atoms with Crippen molar-refractivity contribution in [3.8, 4) is 17.6 Å². The highest BCUT2D eigenvalue weighted by Gasteiger charge is 2.21. The van der Waals surface area contributed by atoms with E-state index in [2.05, 4.69) is 4.72 Å². The summed E-state index contributed by atoms with van der Waals surface area (Å²) in [6.07, 6.45) is 0. The summed E-state index contributed by atoms with van der Waals surface area (Å²) in [6.45, 7) is 1.55. The highest BCUT2D eigenvalue weighted by molar-refractivity contribution is 7.89. The topological polar surface area (TPSA) is 88.4 Å². The Hall–Kier alpha value is -1.78. The fourth-order valence-corrected chi connectivity index (χ4v) is 2.53. The molecular weight excluding hydrogens is 244 g/mol. The van der Waals surface area contributed by atoms with Crippen LogP contribution in [0.2, 0.25) is 0 Å². The van der Waals surface area contributed by atoms with Gasteiger partial charge in [-0.1, -0.05) is 0 Å². The van der Waals surface area contributed by atoms with E-state index < -0.39 is 16.1 Å². The Morgan fingerprint density at radius 2 is 2.12 bits per heavy atom.